The van der Waals surface area contributed by atoms with Crippen LogP contribution in [0.1, 0.15) is 341 Å². The van der Waals surface area contributed by atoms with Crippen molar-refractivity contribution in [1.82, 2.24) is 5.32 Å². The van der Waals surface area contributed by atoms with Crippen molar-refractivity contribution in [3.05, 3.63) is 72.9 Å². The summed E-state index contributed by atoms with van der Waals surface area (Å²) in [4.78, 5) is 25.1. The molecule has 1 heterocycles. The molecule has 6 N–H and O–H groups in total. The Labute approximate surface area is 541 Å². The van der Waals surface area contributed by atoms with Crippen LogP contribution in [0.15, 0.2) is 72.9 Å². The zero-order valence-electron chi connectivity index (χ0n) is 56.9. The maximum Gasteiger partial charge on any atom is 0.305 e. The van der Waals surface area contributed by atoms with Crippen molar-refractivity contribution < 1.29 is 49.3 Å². The number of amides is 1. The van der Waals surface area contributed by atoms with Crippen LogP contribution in [0, 0.1) is 0 Å². The zero-order chi connectivity index (χ0) is 63.7. The Morgan fingerprint density at radius 3 is 1.25 bits per heavy atom. The highest BCUT2D eigenvalue weighted by Gasteiger charge is 2.44. The molecule has 1 fully saturated rings. The molecule has 7 unspecified atom stereocenters. The summed E-state index contributed by atoms with van der Waals surface area (Å²) in [6, 6.07) is -0.834. The second-order valence-corrected chi connectivity index (χ2v) is 25.6. The van der Waals surface area contributed by atoms with Gasteiger partial charge < -0.3 is 45.1 Å². The van der Waals surface area contributed by atoms with E-state index in [-0.39, 0.29) is 18.5 Å². The lowest BCUT2D eigenvalue weighted by Crippen LogP contribution is -2.60. The molecule has 0 aliphatic carbocycles. The molecule has 1 aliphatic rings. The highest BCUT2D eigenvalue weighted by molar-refractivity contribution is 5.76. The van der Waals surface area contributed by atoms with Gasteiger partial charge in [0.15, 0.2) is 6.29 Å². The van der Waals surface area contributed by atoms with E-state index in [4.69, 9.17) is 14.2 Å². The lowest BCUT2D eigenvalue weighted by Gasteiger charge is -2.40. The molecule has 1 amide bonds. The van der Waals surface area contributed by atoms with E-state index in [0.29, 0.717) is 19.4 Å². The number of hydrogen-bond acceptors (Lipinski definition) is 10. The van der Waals surface area contributed by atoms with Crippen LogP contribution in [0.2, 0.25) is 0 Å². The number of aliphatic hydroxyl groups is 5. The van der Waals surface area contributed by atoms with E-state index >= 15 is 0 Å². The van der Waals surface area contributed by atoms with E-state index in [1.54, 1.807) is 6.08 Å². The van der Waals surface area contributed by atoms with Crippen LogP contribution >= 0.6 is 0 Å². The number of nitrogens with one attached hydrogen (secondary N) is 1. The molecule has 0 radical (unpaired) electrons. The summed E-state index contributed by atoms with van der Waals surface area (Å²) in [5, 5.41) is 54.3. The molecule has 11 nitrogen and oxygen atoms in total. The number of esters is 1. The largest absolute Gasteiger partial charge is 0.466 e. The third kappa shape index (κ3) is 53.7. The van der Waals surface area contributed by atoms with Crippen LogP contribution in [0.5, 0.6) is 0 Å². The van der Waals surface area contributed by atoms with Gasteiger partial charge in [-0.15, -0.1) is 0 Å². The Bertz CT molecular complexity index is 1690. The van der Waals surface area contributed by atoms with Crippen LogP contribution in [0.3, 0.4) is 0 Å². The van der Waals surface area contributed by atoms with Crippen molar-refractivity contribution in [3.8, 4) is 0 Å². The summed E-state index contributed by atoms with van der Waals surface area (Å²) in [6.07, 6.45) is 79.3. The number of aliphatic hydroxyl groups excluding tert-OH is 5. The molecule has 7 atom stereocenters. The van der Waals surface area contributed by atoms with E-state index in [2.05, 4.69) is 79.9 Å². The smallest absolute Gasteiger partial charge is 0.305 e. The maximum atomic E-state index is 13.0. The lowest BCUT2D eigenvalue weighted by molar-refractivity contribution is -0.302. The monoisotopic (exact) mass is 1240 g/mol. The number of unbranched alkanes of at least 4 members (excludes halogenated alkanes) is 41. The third-order valence-electron chi connectivity index (χ3n) is 17.3. The first kappa shape index (κ1) is 83.1. The fraction of sp³-hybridized carbons (Fsp3) is 0.818. The third-order valence-corrected chi connectivity index (χ3v) is 17.3. The van der Waals surface area contributed by atoms with E-state index in [1.807, 2.05) is 6.08 Å². The summed E-state index contributed by atoms with van der Waals surface area (Å²) in [5.41, 5.74) is 0. The summed E-state index contributed by atoms with van der Waals surface area (Å²) in [5.74, 6) is -0.194. The molecule has 0 bridgehead atoms. The number of carbonyl (C=O) groups is 2. The van der Waals surface area contributed by atoms with Crippen molar-refractivity contribution in [2.75, 3.05) is 19.8 Å². The molecule has 0 aromatic carbocycles. The average Bonchev–Trinajstić information content (AvgIpc) is 2.18. The molecule has 88 heavy (non-hydrogen) atoms. The zero-order valence-corrected chi connectivity index (χ0v) is 56.9. The fourth-order valence-electron chi connectivity index (χ4n) is 11.4. The molecule has 0 aromatic rings. The SMILES string of the molecule is CC/C=C/CC/C=C/CC/C=C/C(O)C(COC1OC(CO)C(O)C(O)C1O)NC(=O)CCCCCCCCCCCCCCCCCCC/C=C\C/C=C\CCCCCCCCCCCOC(=O)CCCCCCCCC/C=C\CCCCCCCC. The van der Waals surface area contributed by atoms with E-state index in [0.717, 1.165) is 77.0 Å². The second kappa shape index (κ2) is 65.6. The van der Waals surface area contributed by atoms with Gasteiger partial charge in [-0.3, -0.25) is 9.59 Å². The number of ether oxygens (including phenoxy) is 3. The molecule has 512 valence electrons. The normalized spacial score (nSPS) is 18.2. The first-order valence-corrected chi connectivity index (χ1v) is 37.2. The topological polar surface area (TPSA) is 175 Å². The van der Waals surface area contributed by atoms with Crippen LogP contribution < -0.4 is 5.32 Å². The standard InChI is InChI=1S/C77H139NO10/c1-3-5-7-9-11-13-15-16-17-35-39-42-45-49-53-57-61-65-73(82)86-66-62-58-54-50-46-43-40-37-34-32-30-28-26-24-22-20-18-19-21-23-25-27-29-31-33-36-38-41-44-48-52-56-60-64-72(81)78-69(68-87-77-76(85)75(84)74(83)71(67-79)88-77)70(80)63-59-55-51-47-14-12-10-8-6-4-2/h6,8,14,16-17,22,24,28,30,47,59,63,69-71,74-77,79-80,83-85H,3-5,7,9-13,15,18-21,23,25-27,29,31-46,48-58,60-62,64-68H2,1-2H3,(H,78,81)/b8-6+,17-16-,24-22-,30-28-,47-14+,63-59+. The number of hydrogen-bond donors (Lipinski definition) is 6. The molecule has 11 heteroatoms. The van der Waals surface area contributed by atoms with Crippen molar-refractivity contribution >= 4 is 11.9 Å². The fourth-order valence-corrected chi connectivity index (χ4v) is 11.4. The van der Waals surface area contributed by atoms with Crippen LogP contribution in [-0.2, 0) is 23.8 Å². The van der Waals surface area contributed by atoms with Gasteiger partial charge in [-0.05, 0) is 109 Å². The van der Waals surface area contributed by atoms with Gasteiger partial charge in [0, 0.05) is 12.8 Å². The molecule has 1 saturated heterocycles. The quantitative estimate of drug-likeness (QED) is 0.0195. The first-order chi connectivity index (χ1) is 43.2. The highest BCUT2D eigenvalue weighted by Crippen LogP contribution is 2.23. The summed E-state index contributed by atoms with van der Waals surface area (Å²) in [7, 11) is 0. The minimum atomic E-state index is -1.58. The van der Waals surface area contributed by atoms with Gasteiger partial charge in [-0.2, -0.15) is 0 Å². The predicted octanol–water partition coefficient (Wildman–Crippen LogP) is 19.5. The molecular formula is C77H139NO10. The van der Waals surface area contributed by atoms with E-state index < -0.39 is 49.5 Å². The van der Waals surface area contributed by atoms with Crippen molar-refractivity contribution in [2.45, 2.75) is 384 Å². The Morgan fingerprint density at radius 1 is 0.432 bits per heavy atom. The lowest BCUT2D eigenvalue weighted by atomic mass is 9.99. The molecule has 1 aliphatic heterocycles. The number of allylic oxidation sites excluding steroid dienone is 11. The molecule has 0 aromatic heterocycles. The Morgan fingerprint density at radius 2 is 0.807 bits per heavy atom. The van der Waals surface area contributed by atoms with Crippen LogP contribution in [-0.4, -0.2) is 100 Å². The maximum absolute atomic E-state index is 13.0. The molecular weight excluding hydrogens is 1100 g/mol. The second-order valence-electron chi connectivity index (χ2n) is 25.6. The summed E-state index contributed by atoms with van der Waals surface area (Å²) < 4.78 is 16.7. The molecule has 0 saturated carbocycles. The van der Waals surface area contributed by atoms with E-state index in [9.17, 15) is 35.1 Å². The van der Waals surface area contributed by atoms with Crippen molar-refractivity contribution in [2.24, 2.45) is 0 Å². The summed E-state index contributed by atoms with van der Waals surface area (Å²) in [6.45, 7) is 4.21. The van der Waals surface area contributed by atoms with Crippen LogP contribution in [0.25, 0.3) is 0 Å². The van der Waals surface area contributed by atoms with Crippen LogP contribution in [0.4, 0.5) is 0 Å². The number of carbonyl (C=O) groups excluding carboxylic acids is 2. The van der Waals surface area contributed by atoms with Crippen molar-refractivity contribution in [3.63, 3.8) is 0 Å². The van der Waals surface area contributed by atoms with Gasteiger partial charge in [-0.25, -0.2) is 0 Å². The Hall–Kier alpha value is -2.90. The average molecular weight is 1240 g/mol. The van der Waals surface area contributed by atoms with Gasteiger partial charge in [0.05, 0.1) is 32.0 Å². The number of rotatable bonds is 65. The van der Waals surface area contributed by atoms with Gasteiger partial charge in [0.2, 0.25) is 5.91 Å². The van der Waals surface area contributed by atoms with Gasteiger partial charge in [0.25, 0.3) is 0 Å². The summed E-state index contributed by atoms with van der Waals surface area (Å²) >= 11 is 0. The minimum Gasteiger partial charge on any atom is -0.466 e. The van der Waals surface area contributed by atoms with Gasteiger partial charge >= 0.3 is 5.97 Å². The van der Waals surface area contributed by atoms with Crippen molar-refractivity contribution in [1.29, 1.82) is 0 Å². The molecule has 1 rings (SSSR count). The van der Waals surface area contributed by atoms with E-state index in [1.165, 1.54) is 238 Å². The molecule has 0 spiro atoms. The minimum absolute atomic E-state index is 0.00297. The first-order valence-electron chi connectivity index (χ1n) is 37.2. The highest BCUT2D eigenvalue weighted by atomic mass is 16.7. The van der Waals surface area contributed by atoms with Gasteiger partial charge in [0.1, 0.15) is 24.4 Å². The Balaban J connectivity index is 1.91. The Kier molecular flexibility index (Phi) is 61.9. The van der Waals surface area contributed by atoms with Gasteiger partial charge in [-0.1, -0.05) is 292 Å². The predicted molar refractivity (Wildman–Crippen MR) is 370 cm³/mol.